The summed E-state index contributed by atoms with van der Waals surface area (Å²) >= 11 is 0. The van der Waals surface area contributed by atoms with Crippen LogP contribution in [0.25, 0.3) is 44.8 Å². The van der Waals surface area contributed by atoms with Crippen LogP contribution < -0.4 is 17.4 Å². The number of carbonyl (C=O) groups is 4. The number of nitrogens with one attached hydrogen (secondary N) is 2. The van der Waals surface area contributed by atoms with Crippen molar-refractivity contribution in [3.05, 3.63) is 168 Å². The highest BCUT2D eigenvalue weighted by molar-refractivity contribution is 6.00. The highest BCUT2D eigenvalue weighted by Gasteiger charge is 2.12. The molecule has 0 spiro atoms. The van der Waals surface area contributed by atoms with Crippen molar-refractivity contribution in [2.45, 2.75) is 67.1 Å². The van der Waals surface area contributed by atoms with E-state index in [1.807, 2.05) is 120 Å². The highest BCUT2D eigenvalue weighted by atomic mass is 19.1. The fraction of sp³-hybridized carbons (Fsp3) is 0.236. The number of imidazole rings is 2. The Morgan fingerprint density at radius 1 is 0.681 bits per heavy atom. The number of H-pyrrole nitrogens is 2. The van der Waals surface area contributed by atoms with Crippen molar-refractivity contribution in [1.82, 2.24) is 19.9 Å². The first-order valence-corrected chi connectivity index (χ1v) is 23.1. The molecule has 9 rings (SSSR count). The van der Waals surface area contributed by atoms with E-state index in [9.17, 15) is 23.6 Å². The lowest BCUT2D eigenvalue weighted by Crippen LogP contribution is -2.24. The summed E-state index contributed by atoms with van der Waals surface area (Å²) in [5.41, 5.74) is 18.1. The van der Waals surface area contributed by atoms with Gasteiger partial charge in [0.05, 0.1) is 53.1 Å². The molecular weight excluding hydrogens is 922 g/mol. The molecule has 1 aliphatic heterocycles. The summed E-state index contributed by atoms with van der Waals surface area (Å²) in [7, 11) is -1.00. The number of Topliss-reactive ketones (excluding diaryl/α,β-unsaturated/α-hetero) is 1. The number of aliphatic hydroxyl groups is 1. The third-order valence-corrected chi connectivity index (χ3v) is 9.33. The van der Waals surface area contributed by atoms with Crippen molar-refractivity contribution < 1.29 is 49.8 Å². The molecule has 2 aromatic heterocycles. The smallest absolute Gasteiger partial charge is 0.335 e. The van der Waals surface area contributed by atoms with E-state index in [-0.39, 0.29) is 23.2 Å². The number of hydrogen-bond acceptors (Lipinski definition) is 12. The van der Waals surface area contributed by atoms with Gasteiger partial charge in [0.2, 0.25) is 0 Å². The molecule has 1 fully saturated rings. The Labute approximate surface area is 421 Å². The molecule has 16 nitrogen and oxygen atoms in total. The number of nitrogens with zero attached hydrogens (tertiary/aromatic N) is 2. The molecule has 1 unspecified atom stereocenters. The van der Waals surface area contributed by atoms with Crippen LogP contribution in [0.15, 0.2) is 146 Å². The molecule has 0 aliphatic carbocycles. The maximum absolute atomic E-state index is 11.4. The number of aldehydes is 1. The van der Waals surface area contributed by atoms with Gasteiger partial charge in [0.25, 0.3) is 0 Å². The van der Waals surface area contributed by atoms with E-state index in [0.29, 0.717) is 16.9 Å². The summed E-state index contributed by atoms with van der Waals surface area (Å²) < 4.78 is 20.6. The molecule has 72 heavy (non-hydrogen) atoms. The number of aromatic nitrogens is 4. The molecule has 1 aliphatic rings. The molecule has 0 saturated carbocycles. The topological polar surface area (TPSA) is 283 Å². The number of benzene rings is 6. The first-order chi connectivity index (χ1) is 35.4. The van der Waals surface area contributed by atoms with Crippen LogP contribution in [0.4, 0.5) is 15.8 Å². The number of anilines is 2. The quantitative estimate of drug-likeness (QED) is 0.0304. The number of aromatic carboxylic acids is 2. The fourth-order valence-corrected chi connectivity index (χ4v) is 5.94. The van der Waals surface area contributed by atoms with Crippen LogP contribution >= 0.6 is 0 Å². The van der Waals surface area contributed by atoms with Crippen molar-refractivity contribution >= 4 is 57.4 Å². The number of carbonyl (C=O) groups excluding carboxylic acids is 2. The number of hydrogen-bond donors (Lipinski definition) is 8. The van der Waals surface area contributed by atoms with Crippen LogP contribution in [0.1, 0.15) is 104 Å². The molecule has 384 valence electrons. The first kappa shape index (κ1) is 60.0. The number of ether oxygens (including phenoxy) is 1. The highest BCUT2D eigenvalue weighted by Crippen LogP contribution is 2.23. The average Bonchev–Trinajstić information content (AvgIpc) is 4.10. The zero-order valence-corrected chi connectivity index (χ0v) is 41.5. The lowest BCUT2D eigenvalue weighted by molar-refractivity contribution is -0.164. The van der Waals surface area contributed by atoms with Gasteiger partial charge < -0.3 is 41.5 Å². The second-order valence-electron chi connectivity index (χ2n) is 13.9. The Balaban J connectivity index is 0.000000455. The molecule has 0 amide bonds. The lowest BCUT2D eigenvalue weighted by Gasteiger charge is -2.19. The van der Waals surface area contributed by atoms with Gasteiger partial charge in [-0.05, 0) is 67.4 Å². The maximum Gasteiger partial charge on any atom is 0.335 e. The number of halogens is 1. The molecule has 0 radical (unpaired) electrons. The lowest BCUT2D eigenvalue weighted by atomic mass is 10.1. The molecule has 3 heterocycles. The Kier molecular flexibility index (Phi) is 30.0. The number of carboxylic acid groups (broad SMARTS) is 2. The summed E-state index contributed by atoms with van der Waals surface area (Å²) in [5, 5.41) is 26.3. The molecule has 8 aromatic rings. The summed E-state index contributed by atoms with van der Waals surface area (Å²) in [6, 6.07) is 42.8. The molecule has 6 aromatic carbocycles. The number of fused-ring (bicyclic) bond motifs is 2. The molecule has 11 N–H and O–H groups in total. The van der Waals surface area contributed by atoms with Crippen LogP contribution in [0, 0.1) is 0 Å². The van der Waals surface area contributed by atoms with Gasteiger partial charge in [-0.1, -0.05) is 133 Å². The standard InChI is InChI=1S/C15H12N2O2.C14H10N2O2.C7H8N2O2.C7H6O.C5H11NO2.3C2H6.CH3F/c18-9-14(19)11-6-7-12-13(8-11)17-15(16-12)10-4-2-1-3-5-10;17-14(18)10-6-7-11-12(8-10)16-13(15-11)9-4-2-1-3-5-9;8-5-2-1-4(7(10)11)3-6(5)9;8-6-7-4-2-1-3-5-7;6-8-5-3-1-2-4-7-5;4*1-2/h1-8,18H,9H2,(H,16,17);1-8H,(H,15,16)(H,17,18);1-3H,8-9H2,(H,10,11);1-6H;5H,1-4,6H2;3*1-2H3;1H3/i;;;;;;;;1D. The number of alkyl halides is 1. The van der Waals surface area contributed by atoms with E-state index in [1.165, 1.54) is 24.6 Å². The predicted octanol–water partition coefficient (Wildman–Crippen LogP) is 11.4. The number of ketones is 1. The van der Waals surface area contributed by atoms with Crippen molar-refractivity contribution in [2.75, 3.05) is 31.8 Å². The minimum atomic E-state index is -1.00. The Morgan fingerprint density at radius 3 is 1.49 bits per heavy atom. The molecular formula is C55H68FN7O9. The fourth-order valence-electron chi connectivity index (χ4n) is 5.94. The minimum Gasteiger partial charge on any atom is -0.478 e. The van der Waals surface area contributed by atoms with Gasteiger partial charge in [-0.15, -0.1) is 0 Å². The van der Waals surface area contributed by atoms with E-state index in [0.717, 1.165) is 76.1 Å². The molecule has 1 atom stereocenters. The summed E-state index contributed by atoms with van der Waals surface area (Å²) in [6.45, 7) is 12.3. The number of aromatic amines is 2. The normalized spacial score (nSPS) is 11.8. The second kappa shape index (κ2) is 35.9. The number of nitrogen functional groups attached to an aromatic ring is 2. The third-order valence-electron chi connectivity index (χ3n) is 9.33. The van der Waals surface area contributed by atoms with Gasteiger partial charge in [-0.25, -0.2) is 25.5 Å². The van der Waals surface area contributed by atoms with Gasteiger partial charge in [0, 0.05) is 35.3 Å². The van der Waals surface area contributed by atoms with E-state index in [2.05, 4.69) is 24.8 Å². The van der Waals surface area contributed by atoms with Gasteiger partial charge in [0.1, 0.15) is 24.5 Å². The number of rotatable bonds is 8. The number of carboxylic acids is 2. The van der Waals surface area contributed by atoms with Crippen LogP contribution in [0.5, 0.6) is 0 Å². The van der Waals surface area contributed by atoms with Gasteiger partial charge in [0.15, 0.2) is 12.1 Å². The third kappa shape index (κ3) is 20.9. The van der Waals surface area contributed by atoms with Crippen molar-refractivity contribution in [2.24, 2.45) is 5.90 Å². The van der Waals surface area contributed by atoms with E-state index in [4.69, 9.17) is 38.8 Å². The van der Waals surface area contributed by atoms with Crippen LogP contribution in [-0.2, 0) is 9.57 Å². The maximum atomic E-state index is 11.4. The van der Waals surface area contributed by atoms with Crippen molar-refractivity contribution in [1.29, 1.82) is 0 Å². The zero-order valence-electron chi connectivity index (χ0n) is 42.5. The SMILES string of the molecule is CC.CC.CC.NOC1CCCCO1.Nc1ccc(C(=O)O)cc1N.O=C(CO)c1ccc2nc(-c3ccccc3)[nH]c2c1.O=C(O)c1ccc2nc(-c3ccccc3)[nH]c2c1.O=Cc1ccccc1.[2H]CF. The van der Waals surface area contributed by atoms with Crippen LogP contribution in [0.3, 0.4) is 0 Å². The second-order valence-corrected chi connectivity index (χ2v) is 13.9. The average molecular weight is 991 g/mol. The van der Waals surface area contributed by atoms with Gasteiger partial charge in [-0.3, -0.25) is 18.8 Å². The van der Waals surface area contributed by atoms with Crippen LogP contribution in [-0.4, -0.2) is 85.9 Å². The monoisotopic (exact) mass is 991 g/mol. The minimum absolute atomic E-state index is 0.135. The zero-order chi connectivity index (χ0) is 54.6. The molecule has 0 bridgehead atoms. The largest absolute Gasteiger partial charge is 0.478 e. The van der Waals surface area contributed by atoms with E-state index in [1.54, 1.807) is 48.5 Å². The summed E-state index contributed by atoms with van der Waals surface area (Å²) in [6.07, 6.45) is 3.95. The molecule has 1 saturated heterocycles. The van der Waals surface area contributed by atoms with E-state index < -0.39 is 25.7 Å². The van der Waals surface area contributed by atoms with E-state index >= 15 is 0 Å². The predicted molar refractivity (Wildman–Crippen MR) is 285 cm³/mol. The van der Waals surface area contributed by atoms with Crippen molar-refractivity contribution in [3.63, 3.8) is 0 Å². The molecule has 17 heteroatoms. The van der Waals surface area contributed by atoms with Crippen molar-refractivity contribution in [3.8, 4) is 22.8 Å². The van der Waals surface area contributed by atoms with Gasteiger partial charge >= 0.3 is 11.9 Å². The summed E-state index contributed by atoms with van der Waals surface area (Å²) in [5.74, 6) is 4.16. The Bertz CT molecular complexity index is 2790. The Hall–Kier alpha value is -8.09. The first-order valence-electron chi connectivity index (χ1n) is 23.8. The number of aliphatic hydroxyl groups excluding tert-OH is 1. The van der Waals surface area contributed by atoms with Gasteiger partial charge in [-0.2, -0.15) is 0 Å². The Morgan fingerprint density at radius 2 is 1.11 bits per heavy atom. The number of nitrogens with two attached hydrogens (primary N) is 3. The summed E-state index contributed by atoms with van der Waals surface area (Å²) in [4.78, 5) is 62.4. The van der Waals surface area contributed by atoms with Crippen LogP contribution in [0.2, 0.25) is 0 Å².